The molecule has 0 saturated carbocycles. The molecule has 2 aliphatic heterocycles. The lowest BCUT2D eigenvalue weighted by atomic mass is 9.99. The minimum absolute atomic E-state index is 0.00323. The molecule has 0 aromatic carbocycles. The second-order valence-corrected chi connectivity index (χ2v) is 7.67. The predicted molar refractivity (Wildman–Crippen MR) is 96.7 cm³/mol. The van der Waals surface area contributed by atoms with Crippen molar-refractivity contribution in [1.82, 2.24) is 20.0 Å². The molecule has 2 aromatic rings. The van der Waals surface area contributed by atoms with Crippen LogP contribution in [0, 0.1) is 5.92 Å². The van der Waals surface area contributed by atoms with E-state index >= 15 is 0 Å². The van der Waals surface area contributed by atoms with E-state index in [1.165, 1.54) is 5.69 Å². The lowest BCUT2D eigenvalue weighted by molar-refractivity contribution is 0.0446. The normalized spacial score (nSPS) is 21.8. The van der Waals surface area contributed by atoms with Gasteiger partial charge in [-0.25, -0.2) is 0 Å². The number of nitrogens with zero attached hydrogens (tertiary/aromatic N) is 3. The highest BCUT2D eigenvalue weighted by Gasteiger charge is 2.28. The molecule has 1 N–H and O–H groups in total. The topological polar surface area (TPSA) is 59.4 Å². The first kappa shape index (κ1) is 16.8. The molecule has 1 fully saturated rings. The molecule has 6 nitrogen and oxygen atoms in total. The Labute approximate surface area is 151 Å². The van der Waals surface area contributed by atoms with Crippen LogP contribution in [0.15, 0.2) is 29.1 Å². The van der Waals surface area contributed by atoms with Crippen molar-refractivity contribution in [3.63, 3.8) is 0 Å². The van der Waals surface area contributed by atoms with Crippen LogP contribution in [0.4, 0.5) is 0 Å². The smallest absolute Gasteiger partial charge is 0.252 e. The summed E-state index contributed by atoms with van der Waals surface area (Å²) >= 11 is 1.54. The molecular formula is C18H24N4O2S. The van der Waals surface area contributed by atoms with Gasteiger partial charge in [-0.3, -0.25) is 14.4 Å². The van der Waals surface area contributed by atoms with E-state index in [1.807, 2.05) is 23.0 Å². The van der Waals surface area contributed by atoms with E-state index in [2.05, 4.69) is 26.1 Å². The van der Waals surface area contributed by atoms with Gasteiger partial charge in [0.15, 0.2) is 0 Å². The molecule has 4 heterocycles. The van der Waals surface area contributed by atoms with E-state index < -0.39 is 0 Å². The monoisotopic (exact) mass is 360 g/mol. The van der Waals surface area contributed by atoms with E-state index in [0.717, 1.165) is 51.3 Å². The molecule has 134 valence electrons. The zero-order chi connectivity index (χ0) is 17.1. The minimum Gasteiger partial charge on any atom is -0.381 e. The second kappa shape index (κ2) is 7.68. The van der Waals surface area contributed by atoms with Gasteiger partial charge in [0.1, 0.15) is 0 Å². The van der Waals surface area contributed by atoms with Crippen LogP contribution in [0.2, 0.25) is 0 Å². The average molecular weight is 360 g/mol. The van der Waals surface area contributed by atoms with Crippen LogP contribution in [-0.4, -0.2) is 53.4 Å². The molecule has 0 radical (unpaired) electrons. The summed E-state index contributed by atoms with van der Waals surface area (Å²) in [5.74, 6) is 0.709. The number of aromatic nitrogens is 2. The number of carbonyl (C=O) groups excluding carboxylic acids is 1. The van der Waals surface area contributed by atoms with E-state index in [1.54, 1.807) is 11.3 Å². The lowest BCUT2D eigenvalue weighted by Crippen LogP contribution is -2.44. The van der Waals surface area contributed by atoms with Gasteiger partial charge in [0.2, 0.25) is 0 Å². The Morgan fingerprint density at radius 1 is 1.36 bits per heavy atom. The predicted octanol–water partition coefficient (Wildman–Crippen LogP) is 2.16. The summed E-state index contributed by atoms with van der Waals surface area (Å²) in [5, 5.41) is 11.4. The molecule has 1 atom stereocenters. The van der Waals surface area contributed by atoms with Crippen LogP contribution in [0.1, 0.15) is 34.9 Å². The van der Waals surface area contributed by atoms with Crippen LogP contribution in [-0.2, 0) is 11.3 Å². The van der Waals surface area contributed by atoms with E-state index in [9.17, 15) is 4.79 Å². The fourth-order valence-corrected chi connectivity index (χ4v) is 4.39. The standard InChI is InChI=1S/C18H24N4O2S/c23-18(15-4-8-25-13-15)19-9-17-12-21(10-14-2-6-24-7-3-14)11-16-1-5-20-22(16)17/h1,4-5,8,13-14,17H,2-3,6-7,9-12H2,(H,19,23). The van der Waals surface area contributed by atoms with Crippen molar-refractivity contribution in [2.45, 2.75) is 25.4 Å². The third kappa shape index (κ3) is 3.94. The van der Waals surface area contributed by atoms with Crippen molar-refractivity contribution in [3.8, 4) is 0 Å². The highest BCUT2D eigenvalue weighted by Crippen LogP contribution is 2.23. The fraction of sp³-hybridized carbons (Fsp3) is 0.556. The Hall–Kier alpha value is -1.70. The molecule has 2 aliphatic rings. The number of hydrogen-bond acceptors (Lipinski definition) is 5. The maximum Gasteiger partial charge on any atom is 0.252 e. The van der Waals surface area contributed by atoms with Gasteiger partial charge in [0.05, 0.1) is 11.7 Å². The van der Waals surface area contributed by atoms with Crippen LogP contribution in [0.5, 0.6) is 0 Å². The van der Waals surface area contributed by atoms with E-state index in [0.29, 0.717) is 12.5 Å². The summed E-state index contributed by atoms with van der Waals surface area (Å²) in [4.78, 5) is 14.7. The zero-order valence-electron chi connectivity index (χ0n) is 14.3. The van der Waals surface area contributed by atoms with Crippen molar-refractivity contribution in [3.05, 3.63) is 40.3 Å². The summed E-state index contributed by atoms with van der Waals surface area (Å²) < 4.78 is 7.55. The van der Waals surface area contributed by atoms with Gasteiger partial charge in [-0.05, 0) is 36.3 Å². The zero-order valence-corrected chi connectivity index (χ0v) is 15.1. The van der Waals surface area contributed by atoms with Gasteiger partial charge in [0.25, 0.3) is 5.91 Å². The number of carbonyl (C=O) groups is 1. The van der Waals surface area contributed by atoms with Crippen LogP contribution >= 0.6 is 11.3 Å². The van der Waals surface area contributed by atoms with Gasteiger partial charge in [0, 0.05) is 56.5 Å². The summed E-state index contributed by atoms with van der Waals surface area (Å²) in [6.07, 6.45) is 4.16. The third-order valence-electron chi connectivity index (χ3n) is 5.09. The fourth-order valence-electron chi connectivity index (χ4n) is 3.76. The van der Waals surface area contributed by atoms with Crippen LogP contribution in [0.25, 0.3) is 0 Å². The Kier molecular flexibility index (Phi) is 5.14. The Morgan fingerprint density at radius 3 is 3.04 bits per heavy atom. The molecule has 1 amide bonds. The quantitative estimate of drug-likeness (QED) is 0.888. The third-order valence-corrected chi connectivity index (χ3v) is 5.77. The van der Waals surface area contributed by atoms with Gasteiger partial charge in [-0.15, -0.1) is 0 Å². The second-order valence-electron chi connectivity index (χ2n) is 6.89. The lowest BCUT2D eigenvalue weighted by Gasteiger charge is -2.36. The van der Waals surface area contributed by atoms with Crippen molar-refractivity contribution in [2.75, 3.05) is 32.8 Å². The van der Waals surface area contributed by atoms with E-state index in [-0.39, 0.29) is 11.9 Å². The first-order valence-corrected chi connectivity index (χ1v) is 9.87. The Bertz CT molecular complexity index is 694. The van der Waals surface area contributed by atoms with Gasteiger partial charge in [-0.1, -0.05) is 0 Å². The number of fused-ring (bicyclic) bond motifs is 1. The van der Waals surface area contributed by atoms with Gasteiger partial charge in [-0.2, -0.15) is 16.4 Å². The first-order chi connectivity index (χ1) is 12.3. The summed E-state index contributed by atoms with van der Waals surface area (Å²) in [6, 6.07) is 4.13. The molecule has 2 aromatic heterocycles. The Balaban J connectivity index is 1.39. The Morgan fingerprint density at radius 2 is 2.24 bits per heavy atom. The maximum atomic E-state index is 12.2. The molecular weight excluding hydrogens is 336 g/mol. The van der Waals surface area contributed by atoms with E-state index in [4.69, 9.17) is 4.74 Å². The molecule has 0 bridgehead atoms. The number of hydrogen-bond donors (Lipinski definition) is 1. The summed E-state index contributed by atoms with van der Waals surface area (Å²) in [7, 11) is 0. The van der Waals surface area contributed by atoms with Crippen molar-refractivity contribution in [2.24, 2.45) is 5.92 Å². The minimum atomic E-state index is -0.00323. The van der Waals surface area contributed by atoms with Crippen LogP contribution < -0.4 is 5.32 Å². The molecule has 7 heteroatoms. The highest BCUT2D eigenvalue weighted by molar-refractivity contribution is 7.08. The average Bonchev–Trinajstić information content (AvgIpc) is 3.32. The number of nitrogens with one attached hydrogen (secondary N) is 1. The molecule has 0 spiro atoms. The highest BCUT2D eigenvalue weighted by atomic mass is 32.1. The van der Waals surface area contributed by atoms with Crippen molar-refractivity contribution >= 4 is 17.2 Å². The SMILES string of the molecule is O=C(NCC1CN(CC2CCOCC2)Cc2ccnn21)c1ccsc1. The summed E-state index contributed by atoms with van der Waals surface area (Å²) in [6.45, 7) is 5.34. The molecule has 0 aliphatic carbocycles. The van der Waals surface area contributed by atoms with Crippen molar-refractivity contribution < 1.29 is 9.53 Å². The summed E-state index contributed by atoms with van der Waals surface area (Å²) in [5.41, 5.74) is 1.97. The largest absolute Gasteiger partial charge is 0.381 e. The number of thiophene rings is 1. The number of amides is 1. The van der Waals surface area contributed by atoms with Gasteiger partial charge >= 0.3 is 0 Å². The maximum absolute atomic E-state index is 12.2. The van der Waals surface area contributed by atoms with Gasteiger partial charge < -0.3 is 10.1 Å². The number of rotatable bonds is 5. The molecule has 1 saturated heterocycles. The molecule has 1 unspecified atom stereocenters. The molecule has 4 rings (SSSR count). The van der Waals surface area contributed by atoms with Crippen molar-refractivity contribution in [1.29, 1.82) is 0 Å². The molecule has 25 heavy (non-hydrogen) atoms. The van der Waals surface area contributed by atoms with Crippen LogP contribution in [0.3, 0.4) is 0 Å². The first-order valence-electron chi connectivity index (χ1n) is 8.92. The number of ether oxygens (including phenoxy) is 1.